The Morgan fingerprint density at radius 2 is 1.90 bits per heavy atom. The second-order valence-electron chi connectivity index (χ2n) is 2.12. The fraction of sp³-hybridized carbons (Fsp3) is 0.250. The molecule has 0 N–H and O–H groups in total. The minimum absolute atomic E-state index is 0.896. The van der Waals surface area contributed by atoms with Gasteiger partial charge >= 0.3 is 0 Å². The van der Waals surface area contributed by atoms with E-state index in [1.165, 1.54) is 18.1 Å². The molecule has 0 saturated carbocycles. The molecule has 0 aliphatic carbocycles. The van der Waals surface area contributed by atoms with Crippen molar-refractivity contribution in [2.45, 2.75) is 6.42 Å². The first-order valence-electron chi connectivity index (χ1n) is 3.31. The van der Waals surface area contributed by atoms with E-state index in [1.807, 2.05) is 0 Å². The van der Waals surface area contributed by atoms with Gasteiger partial charge in [-0.1, -0.05) is 45.8 Å². The van der Waals surface area contributed by atoms with Crippen molar-refractivity contribution in [3.8, 4) is 0 Å². The first kappa shape index (κ1) is 8.23. The van der Waals surface area contributed by atoms with Crippen LogP contribution in [0.3, 0.4) is 0 Å². The predicted molar refractivity (Wildman–Crippen MR) is 52.3 cm³/mol. The molecule has 0 bridgehead atoms. The highest BCUT2D eigenvalue weighted by Crippen LogP contribution is 2.20. The van der Waals surface area contributed by atoms with Crippen LogP contribution in [0.1, 0.15) is 5.56 Å². The van der Waals surface area contributed by atoms with Crippen LogP contribution in [0, 0.1) is 0 Å². The average Bonchev–Trinajstić information content (AvgIpc) is 2.03. The molecule has 2 heteroatoms. The van der Waals surface area contributed by atoms with E-state index in [0.29, 0.717) is 0 Å². The van der Waals surface area contributed by atoms with E-state index in [1.54, 1.807) is 0 Å². The topological polar surface area (TPSA) is 0 Å². The lowest BCUT2D eigenvalue weighted by Crippen LogP contribution is -1.83. The Balaban J connectivity index is 2.43. The van der Waals surface area contributed by atoms with Gasteiger partial charge in [0.25, 0.3) is 0 Å². The third-order valence-electron chi connectivity index (χ3n) is 1.35. The van der Waals surface area contributed by atoms with Gasteiger partial charge in [0, 0.05) is 0 Å². The maximum Gasteiger partial charge on any atom is -0.0214 e. The Labute approximate surface area is 71.6 Å². The third kappa shape index (κ3) is 2.81. The maximum absolute atomic E-state index is 3.43. The van der Waals surface area contributed by atoms with Crippen molar-refractivity contribution in [3.05, 3.63) is 35.9 Å². The van der Waals surface area contributed by atoms with Crippen LogP contribution in [0.25, 0.3) is 0 Å². The lowest BCUT2D eigenvalue weighted by molar-refractivity contribution is 1.16. The SMILES string of the molecule is BrPCCc1ccccc1. The van der Waals surface area contributed by atoms with Gasteiger partial charge in [-0.25, -0.2) is 0 Å². The largest absolute Gasteiger partial charge is 0.0642 e. The predicted octanol–water partition coefficient (Wildman–Crippen LogP) is 3.22. The van der Waals surface area contributed by atoms with E-state index in [9.17, 15) is 0 Å². The second kappa shape index (κ2) is 4.87. The van der Waals surface area contributed by atoms with Gasteiger partial charge in [-0.2, -0.15) is 0 Å². The lowest BCUT2D eigenvalue weighted by Gasteiger charge is -1.95. The average molecular weight is 217 g/mol. The van der Waals surface area contributed by atoms with Gasteiger partial charge in [-0.3, -0.25) is 0 Å². The maximum atomic E-state index is 3.43. The molecule has 0 heterocycles. The van der Waals surface area contributed by atoms with E-state index in [2.05, 4.69) is 45.8 Å². The van der Waals surface area contributed by atoms with Crippen molar-refractivity contribution in [1.29, 1.82) is 0 Å². The number of hydrogen-bond donors (Lipinski definition) is 0. The highest BCUT2D eigenvalue weighted by Gasteiger charge is 1.87. The minimum Gasteiger partial charge on any atom is -0.0642 e. The fourth-order valence-corrected chi connectivity index (χ4v) is 1.81. The highest BCUT2D eigenvalue weighted by atomic mass is 79.9. The molecule has 0 aliphatic heterocycles. The van der Waals surface area contributed by atoms with Crippen molar-refractivity contribution in [1.82, 2.24) is 0 Å². The zero-order valence-electron chi connectivity index (χ0n) is 5.68. The molecule has 0 radical (unpaired) electrons. The van der Waals surface area contributed by atoms with Crippen molar-refractivity contribution in [2.24, 2.45) is 0 Å². The van der Waals surface area contributed by atoms with E-state index < -0.39 is 0 Å². The Hall–Kier alpha value is 0.130. The monoisotopic (exact) mass is 216 g/mol. The van der Waals surface area contributed by atoms with Gasteiger partial charge in [0.05, 0.1) is 0 Å². The van der Waals surface area contributed by atoms with Gasteiger partial charge in [-0.15, -0.1) is 0 Å². The fourth-order valence-electron chi connectivity index (χ4n) is 0.836. The van der Waals surface area contributed by atoms with Crippen LogP contribution >= 0.6 is 22.8 Å². The molecule has 0 nitrogen and oxygen atoms in total. The summed E-state index contributed by atoms with van der Waals surface area (Å²) in [7, 11) is 0.896. The summed E-state index contributed by atoms with van der Waals surface area (Å²) in [6.07, 6.45) is 2.45. The van der Waals surface area contributed by atoms with Crippen LogP contribution in [0.2, 0.25) is 0 Å². The van der Waals surface area contributed by atoms with Gasteiger partial charge in [0.1, 0.15) is 0 Å². The van der Waals surface area contributed by atoms with Crippen LogP contribution in [-0.4, -0.2) is 6.16 Å². The molecule has 0 spiro atoms. The van der Waals surface area contributed by atoms with Crippen LogP contribution in [-0.2, 0) is 6.42 Å². The zero-order chi connectivity index (χ0) is 7.23. The Bertz CT molecular complexity index is 174. The summed E-state index contributed by atoms with van der Waals surface area (Å²) < 4.78 is 0. The van der Waals surface area contributed by atoms with Gasteiger partial charge in [-0.05, 0) is 25.4 Å². The molecule has 10 heavy (non-hydrogen) atoms. The Morgan fingerprint density at radius 3 is 2.50 bits per heavy atom. The van der Waals surface area contributed by atoms with E-state index in [4.69, 9.17) is 0 Å². The van der Waals surface area contributed by atoms with Crippen molar-refractivity contribution < 1.29 is 0 Å². The molecule has 0 fully saturated rings. The smallest absolute Gasteiger partial charge is 0.0214 e. The summed E-state index contributed by atoms with van der Waals surface area (Å²) in [5.41, 5.74) is 1.44. The molecule has 54 valence electrons. The summed E-state index contributed by atoms with van der Waals surface area (Å²) in [5, 5.41) is 0. The zero-order valence-corrected chi connectivity index (χ0v) is 8.26. The summed E-state index contributed by atoms with van der Waals surface area (Å²) in [6.45, 7) is 0. The molecule has 1 aromatic rings. The minimum atomic E-state index is 0.896. The normalized spacial score (nSPS) is 10.9. The Kier molecular flexibility index (Phi) is 4.01. The third-order valence-corrected chi connectivity index (χ3v) is 2.98. The first-order chi connectivity index (χ1) is 4.93. The molecule has 0 amide bonds. The van der Waals surface area contributed by atoms with Crippen LogP contribution in [0.4, 0.5) is 0 Å². The second-order valence-corrected chi connectivity index (χ2v) is 4.57. The standard InChI is InChI=1S/C8H10BrP/c9-10-7-6-8-4-2-1-3-5-8/h1-5,10H,6-7H2. The molecular formula is C8H10BrP. The number of halogens is 1. The number of benzene rings is 1. The van der Waals surface area contributed by atoms with Crippen LogP contribution < -0.4 is 0 Å². The van der Waals surface area contributed by atoms with Crippen molar-refractivity contribution >= 4 is 22.8 Å². The van der Waals surface area contributed by atoms with Gasteiger partial charge in [0.2, 0.25) is 0 Å². The molecule has 0 saturated heterocycles. The Morgan fingerprint density at radius 1 is 1.20 bits per heavy atom. The quantitative estimate of drug-likeness (QED) is 0.682. The molecule has 0 aromatic heterocycles. The molecule has 1 atom stereocenters. The summed E-state index contributed by atoms with van der Waals surface area (Å²) >= 11 is 3.43. The molecule has 1 aromatic carbocycles. The summed E-state index contributed by atoms with van der Waals surface area (Å²) in [5.74, 6) is 0. The number of rotatable bonds is 3. The van der Waals surface area contributed by atoms with Crippen LogP contribution in [0.15, 0.2) is 30.3 Å². The first-order valence-corrected chi connectivity index (χ1v) is 6.77. The van der Waals surface area contributed by atoms with E-state index in [0.717, 1.165) is 7.28 Å². The van der Waals surface area contributed by atoms with E-state index in [-0.39, 0.29) is 0 Å². The van der Waals surface area contributed by atoms with Gasteiger partial charge in [0.15, 0.2) is 0 Å². The number of aryl methyl sites for hydroxylation is 1. The lowest BCUT2D eigenvalue weighted by atomic mass is 10.2. The van der Waals surface area contributed by atoms with Gasteiger partial charge < -0.3 is 0 Å². The van der Waals surface area contributed by atoms with Crippen molar-refractivity contribution in [2.75, 3.05) is 6.16 Å². The molecular weight excluding hydrogens is 207 g/mol. The summed E-state index contributed by atoms with van der Waals surface area (Å²) in [4.78, 5) is 0. The molecule has 0 aliphatic rings. The molecule has 1 rings (SSSR count). The van der Waals surface area contributed by atoms with Crippen molar-refractivity contribution in [3.63, 3.8) is 0 Å². The molecule has 1 unspecified atom stereocenters. The van der Waals surface area contributed by atoms with Crippen LogP contribution in [0.5, 0.6) is 0 Å². The van der Waals surface area contributed by atoms with E-state index >= 15 is 0 Å². The highest BCUT2D eigenvalue weighted by molar-refractivity contribution is 9.36. The summed E-state index contributed by atoms with van der Waals surface area (Å²) in [6, 6.07) is 10.6. The number of hydrogen-bond acceptors (Lipinski definition) is 0.